The predicted molar refractivity (Wildman–Crippen MR) is 105 cm³/mol. The fraction of sp³-hybridized carbons (Fsp3) is 0.150. The summed E-state index contributed by atoms with van der Waals surface area (Å²) in [7, 11) is 1.89. The minimum Gasteiger partial charge on any atom is -0.366 e. The number of benzene rings is 2. The van der Waals surface area contributed by atoms with Gasteiger partial charge in [-0.15, -0.1) is 0 Å². The maximum atomic E-state index is 11.9. The van der Waals surface area contributed by atoms with Crippen LogP contribution in [0.25, 0.3) is 11.3 Å². The lowest BCUT2D eigenvalue weighted by atomic mass is 10.1. The molecule has 0 aliphatic carbocycles. The molecule has 7 heteroatoms. The van der Waals surface area contributed by atoms with Crippen LogP contribution in [0.15, 0.2) is 52.3 Å². The van der Waals surface area contributed by atoms with E-state index < -0.39 is 5.91 Å². The van der Waals surface area contributed by atoms with E-state index in [1.54, 1.807) is 6.07 Å². The van der Waals surface area contributed by atoms with E-state index in [0.29, 0.717) is 12.0 Å². The van der Waals surface area contributed by atoms with E-state index in [0.717, 1.165) is 38.0 Å². The van der Waals surface area contributed by atoms with E-state index in [4.69, 9.17) is 5.73 Å². The number of rotatable bonds is 4. The number of aryl methyl sites for hydroxylation is 2. The van der Waals surface area contributed by atoms with Gasteiger partial charge >= 0.3 is 0 Å². The number of carbonyl (C=O) groups is 2. The van der Waals surface area contributed by atoms with Gasteiger partial charge in [0.25, 0.3) is 0 Å². The van der Waals surface area contributed by atoms with Crippen molar-refractivity contribution in [2.45, 2.75) is 23.1 Å². The summed E-state index contributed by atoms with van der Waals surface area (Å²) < 4.78 is 1.81. The number of carbonyl (C=O) groups excluding carboxylic acids is 2. The molecule has 1 aromatic heterocycles. The molecule has 1 aliphatic heterocycles. The second kappa shape index (κ2) is 6.59. The predicted octanol–water partition coefficient (Wildman–Crippen LogP) is 3.14. The summed E-state index contributed by atoms with van der Waals surface area (Å²) in [4.78, 5) is 25.2. The van der Waals surface area contributed by atoms with Crippen molar-refractivity contribution in [1.29, 1.82) is 0 Å². The summed E-state index contributed by atoms with van der Waals surface area (Å²) in [6.45, 7) is 1.94. The average molecular weight is 378 g/mol. The van der Waals surface area contributed by atoms with E-state index in [1.807, 2.05) is 55.1 Å². The summed E-state index contributed by atoms with van der Waals surface area (Å²) in [5.41, 5.74) is 10.7. The van der Waals surface area contributed by atoms with Gasteiger partial charge in [0.2, 0.25) is 11.8 Å². The number of hydrogen-bond donors (Lipinski definition) is 2. The molecule has 3 N–H and O–H groups in total. The average Bonchev–Trinajstić information content (AvgIpc) is 3.14. The zero-order chi connectivity index (χ0) is 19.1. The molecule has 0 radical (unpaired) electrons. The summed E-state index contributed by atoms with van der Waals surface area (Å²) in [5, 5.41) is 7.24. The van der Waals surface area contributed by atoms with Crippen molar-refractivity contribution in [2.75, 3.05) is 5.32 Å². The van der Waals surface area contributed by atoms with Gasteiger partial charge in [0.05, 0.1) is 23.4 Å². The van der Waals surface area contributed by atoms with Crippen LogP contribution in [0.2, 0.25) is 0 Å². The molecular weight excluding hydrogens is 360 g/mol. The molecule has 6 nitrogen and oxygen atoms in total. The number of fused-ring (bicyclic) bond motifs is 1. The van der Waals surface area contributed by atoms with Crippen LogP contribution in [-0.2, 0) is 18.3 Å². The van der Waals surface area contributed by atoms with Gasteiger partial charge in [-0.05, 0) is 42.8 Å². The number of amides is 2. The fourth-order valence-electron chi connectivity index (χ4n) is 3.23. The summed E-state index contributed by atoms with van der Waals surface area (Å²) >= 11 is 1.45. The third-order valence-electron chi connectivity index (χ3n) is 4.48. The molecule has 0 saturated heterocycles. The molecule has 136 valence electrons. The number of hydrogen-bond acceptors (Lipinski definition) is 4. The van der Waals surface area contributed by atoms with Gasteiger partial charge in [-0.1, -0.05) is 23.9 Å². The second-order valence-electron chi connectivity index (χ2n) is 6.52. The van der Waals surface area contributed by atoms with Gasteiger partial charge in [0.15, 0.2) is 0 Å². The highest BCUT2D eigenvalue weighted by Gasteiger charge is 2.19. The number of nitrogens with two attached hydrogens (primary N) is 1. The molecule has 0 bridgehead atoms. The fourth-order valence-corrected chi connectivity index (χ4v) is 4.27. The molecule has 1 aliphatic rings. The molecule has 2 amide bonds. The highest BCUT2D eigenvalue weighted by Crippen LogP contribution is 2.36. The summed E-state index contributed by atoms with van der Waals surface area (Å²) in [5.74, 6) is -0.474. The van der Waals surface area contributed by atoms with Crippen LogP contribution < -0.4 is 11.1 Å². The Kier molecular flexibility index (Phi) is 4.24. The standard InChI is InChI=1S/C20H18N4O2S/c1-11-7-17(24(2)23-11)13-4-6-15(20(21)26)18(8-13)27-14-5-3-12-9-19(25)22-16(12)10-14/h3-8,10H,9H2,1-2H3,(H2,21,26)(H,22,25). The molecule has 2 aromatic carbocycles. The van der Waals surface area contributed by atoms with E-state index in [2.05, 4.69) is 10.4 Å². The molecular formula is C20H18N4O2S. The van der Waals surface area contributed by atoms with Gasteiger partial charge in [-0.2, -0.15) is 5.10 Å². The molecule has 3 aromatic rings. The second-order valence-corrected chi connectivity index (χ2v) is 7.63. The smallest absolute Gasteiger partial charge is 0.249 e. The monoisotopic (exact) mass is 378 g/mol. The number of nitrogens with one attached hydrogen (secondary N) is 1. The molecule has 0 fully saturated rings. The summed E-state index contributed by atoms with van der Waals surface area (Å²) in [6.07, 6.45) is 0.405. The first kappa shape index (κ1) is 17.4. The lowest BCUT2D eigenvalue weighted by molar-refractivity contribution is -0.115. The van der Waals surface area contributed by atoms with Crippen LogP contribution in [0.1, 0.15) is 21.6 Å². The summed E-state index contributed by atoms with van der Waals surface area (Å²) in [6, 6.07) is 13.4. The van der Waals surface area contributed by atoms with Gasteiger partial charge in [0.1, 0.15) is 0 Å². The Labute approximate surface area is 160 Å². The van der Waals surface area contributed by atoms with Crippen LogP contribution in [0, 0.1) is 6.92 Å². The Morgan fingerprint density at radius 3 is 2.74 bits per heavy atom. The third-order valence-corrected chi connectivity index (χ3v) is 5.53. The highest BCUT2D eigenvalue weighted by molar-refractivity contribution is 7.99. The van der Waals surface area contributed by atoms with Gasteiger partial charge in [0, 0.05) is 28.1 Å². The highest BCUT2D eigenvalue weighted by atomic mass is 32.2. The molecule has 0 unspecified atom stereocenters. The molecule has 0 spiro atoms. The topological polar surface area (TPSA) is 90.0 Å². The van der Waals surface area contributed by atoms with Crippen LogP contribution in [0.5, 0.6) is 0 Å². The van der Waals surface area contributed by atoms with Gasteiger partial charge in [-0.25, -0.2) is 0 Å². The van der Waals surface area contributed by atoms with Crippen molar-refractivity contribution < 1.29 is 9.59 Å². The van der Waals surface area contributed by atoms with Crippen molar-refractivity contribution >= 4 is 29.3 Å². The Morgan fingerprint density at radius 1 is 1.22 bits per heavy atom. The van der Waals surface area contributed by atoms with E-state index >= 15 is 0 Å². The Bertz CT molecular complexity index is 1090. The molecule has 27 heavy (non-hydrogen) atoms. The van der Waals surface area contributed by atoms with Gasteiger partial charge in [-0.3, -0.25) is 14.3 Å². The number of primary amides is 1. The lowest BCUT2D eigenvalue weighted by Gasteiger charge is -2.11. The van der Waals surface area contributed by atoms with E-state index in [1.165, 1.54) is 11.8 Å². The van der Waals surface area contributed by atoms with Crippen LogP contribution in [0.3, 0.4) is 0 Å². The zero-order valence-electron chi connectivity index (χ0n) is 14.9. The Balaban J connectivity index is 1.73. The first-order chi connectivity index (χ1) is 12.9. The molecule has 4 rings (SSSR count). The normalized spacial score (nSPS) is 12.7. The maximum Gasteiger partial charge on any atom is 0.249 e. The van der Waals surface area contributed by atoms with E-state index in [9.17, 15) is 9.59 Å². The number of nitrogens with zero attached hydrogens (tertiary/aromatic N) is 2. The van der Waals surface area contributed by atoms with Crippen molar-refractivity contribution in [3.05, 3.63) is 59.3 Å². The van der Waals surface area contributed by atoms with Crippen molar-refractivity contribution in [2.24, 2.45) is 12.8 Å². The van der Waals surface area contributed by atoms with Crippen molar-refractivity contribution in [3.8, 4) is 11.3 Å². The quantitative estimate of drug-likeness (QED) is 0.730. The first-order valence-corrected chi connectivity index (χ1v) is 9.28. The largest absolute Gasteiger partial charge is 0.366 e. The van der Waals surface area contributed by atoms with E-state index in [-0.39, 0.29) is 5.91 Å². The zero-order valence-corrected chi connectivity index (χ0v) is 15.8. The van der Waals surface area contributed by atoms with Crippen LogP contribution >= 0.6 is 11.8 Å². The van der Waals surface area contributed by atoms with Crippen LogP contribution in [-0.4, -0.2) is 21.6 Å². The minimum absolute atomic E-state index is 0.00134. The Hall–Kier alpha value is -3.06. The number of aromatic nitrogens is 2. The molecule has 0 saturated carbocycles. The SMILES string of the molecule is Cc1cc(-c2ccc(C(N)=O)c(Sc3ccc4c(c3)NC(=O)C4)c2)n(C)n1. The lowest BCUT2D eigenvalue weighted by Crippen LogP contribution is -2.12. The minimum atomic E-state index is -0.473. The van der Waals surface area contributed by atoms with Crippen molar-refractivity contribution in [1.82, 2.24) is 9.78 Å². The number of anilines is 1. The first-order valence-electron chi connectivity index (χ1n) is 8.46. The molecule has 2 heterocycles. The maximum absolute atomic E-state index is 11.9. The molecule has 0 atom stereocenters. The van der Waals surface area contributed by atoms with Crippen molar-refractivity contribution in [3.63, 3.8) is 0 Å². The van der Waals surface area contributed by atoms with Gasteiger partial charge < -0.3 is 11.1 Å². The Morgan fingerprint density at radius 2 is 2.04 bits per heavy atom. The third kappa shape index (κ3) is 3.33. The van der Waals surface area contributed by atoms with Crippen LogP contribution in [0.4, 0.5) is 5.69 Å².